The van der Waals surface area contributed by atoms with E-state index in [-0.39, 0.29) is 5.91 Å². The van der Waals surface area contributed by atoms with Crippen LogP contribution < -0.4 is 14.9 Å². The summed E-state index contributed by atoms with van der Waals surface area (Å²) in [5.74, 6) is 0.804. The highest BCUT2D eigenvalue weighted by Gasteiger charge is 2.18. The maximum absolute atomic E-state index is 12.9. The third kappa shape index (κ3) is 4.96. The molecule has 2 heterocycles. The Hall–Kier alpha value is -2.41. The molecule has 4 rings (SSSR count). The van der Waals surface area contributed by atoms with E-state index >= 15 is 0 Å². The number of nitrogens with zero attached hydrogens (tertiary/aromatic N) is 2. The fourth-order valence-electron chi connectivity index (χ4n) is 3.03. The summed E-state index contributed by atoms with van der Waals surface area (Å²) in [4.78, 5) is 16.9. The average molecular weight is 445 g/mol. The molecular weight excluding hydrogens is 427 g/mol. The summed E-state index contributed by atoms with van der Waals surface area (Å²) < 4.78 is 2.18. The molecular formula is C21H18Cl2N4OS. The lowest BCUT2D eigenvalue weighted by Crippen LogP contribution is -2.15. The highest BCUT2D eigenvalue weighted by atomic mass is 35.5. The van der Waals surface area contributed by atoms with Gasteiger partial charge in [0.25, 0.3) is 5.91 Å². The second kappa shape index (κ2) is 8.95. The molecule has 29 heavy (non-hydrogen) atoms. The Labute approximate surface area is 183 Å². The molecule has 1 saturated heterocycles. The van der Waals surface area contributed by atoms with E-state index in [4.69, 9.17) is 23.2 Å². The van der Waals surface area contributed by atoms with Crippen LogP contribution in [0.3, 0.4) is 0 Å². The zero-order valence-electron chi connectivity index (χ0n) is 15.4. The molecule has 1 aliphatic rings. The minimum absolute atomic E-state index is 0.279. The van der Waals surface area contributed by atoms with Crippen molar-refractivity contribution in [3.8, 4) is 0 Å². The Kier molecular flexibility index (Phi) is 6.13. The molecule has 0 atom stereocenters. The first-order chi connectivity index (χ1) is 14.1. The predicted molar refractivity (Wildman–Crippen MR) is 123 cm³/mol. The van der Waals surface area contributed by atoms with Gasteiger partial charge in [-0.15, -0.1) is 0 Å². The zero-order valence-corrected chi connectivity index (χ0v) is 17.7. The number of carbonyl (C=O) groups excluding carboxylic acids is 1. The Balaban J connectivity index is 1.54. The number of rotatable bonds is 5. The molecule has 1 aromatic heterocycles. The van der Waals surface area contributed by atoms with Crippen molar-refractivity contribution in [1.29, 1.82) is 0 Å². The molecule has 0 bridgehead atoms. The second-order valence-electron chi connectivity index (χ2n) is 6.50. The molecule has 0 spiro atoms. The first-order valence-corrected chi connectivity index (χ1v) is 10.8. The van der Waals surface area contributed by atoms with Crippen LogP contribution in [0.1, 0.15) is 16.8 Å². The van der Waals surface area contributed by atoms with Gasteiger partial charge in [-0.25, -0.2) is 0 Å². The summed E-state index contributed by atoms with van der Waals surface area (Å²) in [5, 5.41) is 7.06. The first kappa shape index (κ1) is 19.9. The maximum Gasteiger partial charge on any atom is 0.257 e. The molecule has 1 fully saturated rings. The van der Waals surface area contributed by atoms with Crippen molar-refractivity contribution in [2.24, 2.45) is 0 Å². The summed E-state index contributed by atoms with van der Waals surface area (Å²) in [6.07, 6.45) is 4.52. The van der Waals surface area contributed by atoms with Crippen LogP contribution in [0.4, 0.5) is 22.7 Å². The summed E-state index contributed by atoms with van der Waals surface area (Å²) in [6, 6.07) is 14.5. The number of halogens is 2. The number of hydrogen-bond acceptors (Lipinski definition) is 5. The zero-order chi connectivity index (χ0) is 20.2. The fourth-order valence-corrected chi connectivity index (χ4v) is 4.47. The Morgan fingerprint density at radius 1 is 1.00 bits per heavy atom. The molecule has 148 valence electrons. The number of hydrogen-bond donors (Lipinski definition) is 2. The lowest BCUT2D eigenvalue weighted by molar-refractivity contribution is 0.102. The van der Waals surface area contributed by atoms with E-state index in [2.05, 4.69) is 19.9 Å². The maximum atomic E-state index is 12.9. The number of amides is 1. The normalized spacial score (nSPS) is 13.4. The lowest BCUT2D eigenvalue weighted by Gasteiger charge is -2.17. The van der Waals surface area contributed by atoms with Gasteiger partial charge in [-0.05, 0) is 66.9 Å². The fraction of sp³-hybridized carbons (Fsp3) is 0.143. The van der Waals surface area contributed by atoms with Crippen LogP contribution in [0, 0.1) is 0 Å². The van der Waals surface area contributed by atoms with Gasteiger partial charge in [0.1, 0.15) is 0 Å². The van der Waals surface area contributed by atoms with Gasteiger partial charge in [0, 0.05) is 52.5 Å². The van der Waals surface area contributed by atoms with Crippen molar-refractivity contribution in [2.45, 2.75) is 6.42 Å². The molecule has 0 unspecified atom stereocenters. The molecule has 5 nitrogen and oxygen atoms in total. The lowest BCUT2D eigenvalue weighted by atomic mass is 10.1. The van der Waals surface area contributed by atoms with E-state index in [1.54, 1.807) is 42.5 Å². The van der Waals surface area contributed by atoms with E-state index in [1.807, 2.05) is 30.3 Å². The van der Waals surface area contributed by atoms with Crippen molar-refractivity contribution in [3.05, 3.63) is 76.5 Å². The molecule has 1 aliphatic heterocycles. The van der Waals surface area contributed by atoms with Crippen LogP contribution in [0.5, 0.6) is 0 Å². The minimum Gasteiger partial charge on any atom is -0.355 e. The molecule has 0 radical (unpaired) electrons. The topological polar surface area (TPSA) is 57.3 Å². The smallest absolute Gasteiger partial charge is 0.257 e. The minimum atomic E-state index is -0.279. The molecule has 2 N–H and O–H groups in total. The van der Waals surface area contributed by atoms with Crippen molar-refractivity contribution < 1.29 is 4.79 Å². The standard InChI is InChI=1S/C21H18Cl2N4OS/c22-14-10-16(25-15-4-6-24-7-5-15)12-17(11-14)26-21(28)19-13-18(2-3-20(19)23)27-8-1-9-29-27/h2-7,10-13H,1,8-9H2,(H,24,25)(H,26,28). The van der Waals surface area contributed by atoms with Crippen LogP contribution in [-0.4, -0.2) is 23.2 Å². The van der Waals surface area contributed by atoms with Crippen molar-refractivity contribution >= 4 is 63.8 Å². The monoisotopic (exact) mass is 444 g/mol. The summed E-state index contributed by atoms with van der Waals surface area (Å²) in [6.45, 7) is 0.964. The molecule has 8 heteroatoms. The van der Waals surface area contributed by atoms with E-state index in [9.17, 15) is 4.79 Å². The van der Waals surface area contributed by atoms with Gasteiger partial charge in [0.2, 0.25) is 0 Å². The van der Waals surface area contributed by atoms with Gasteiger partial charge in [-0.3, -0.25) is 9.78 Å². The van der Waals surface area contributed by atoms with Crippen LogP contribution in [-0.2, 0) is 0 Å². The largest absolute Gasteiger partial charge is 0.355 e. The highest BCUT2D eigenvalue weighted by Crippen LogP contribution is 2.32. The first-order valence-electron chi connectivity index (χ1n) is 9.07. The number of benzene rings is 2. The predicted octanol–water partition coefficient (Wildman–Crippen LogP) is 6.24. The van der Waals surface area contributed by atoms with E-state index in [0.717, 1.165) is 35.8 Å². The van der Waals surface area contributed by atoms with Gasteiger partial charge in [-0.1, -0.05) is 23.2 Å². The number of aromatic nitrogens is 1. The summed E-state index contributed by atoms with van der Waals surface area (Å²) in [5.41, 5.74) is 3.62. The van der Waals surface area contributed by atoms with Crippen molar-refractivity contribution in [1.82, 2.24) is 4.98 Å². The second-order valence-corrected chi connectivity index (χ2v) is 8.45. The van der Waals surface area contributed by atoms with E-state index < -0.39 is 0 Å². The third-order valence-corrected chi connectivity index (χ3v) is 6.08. The van der Waals surface area contributed by atoms with Crippen LogP contribution in [0.25, 0.3) is 0 Å². The van der Waals surface area contributed by atoms with Gasteiger partial charge in [0.05, 0.1) is 10.6 Å². The van der Waals surface area contributed by atoms with Gasteiger partial charge >= 0.3 is 0 Å². The van der Waals surface area contributed by atoms with E-state index in [1.165, 1.54) is 0 Å². The number of nitrogens with one attached hydrogen (secondary N) is 2. The molecule has 0 saturated carbocycles. The Morgan fingerprint density at radius 2 is 1.79 bits per heavy atom. The summed E-state index contributed by atoms with van der Waals surface area (Å²) in [7, 11) is 0. The van der Waals surface area contributed by atoms with Crippen LogP contribution >= 0.6 is 35.1 Å². The van der Waals surface area contributed by atoms with Gasteiger partial charge < -0.3 is 14.9 Å². The van der Waals surface area contributed by atoms with Crippen molar-refractivity contribution in [3.63, 3.8) is 0 Å². The highest BCUT2D eigenvalue weighted by molar-refractivity contribution is 8.00. The van der Waals surface area contributed by atoms with Crippen LogP contribution in [0.2, 0.25) is 10.0 Å². The van der Waals surface area contributed by atoms with Gasteiger partial charge in [0.15, 0.2) is 0 Å². The Morgan fingerprint density at radius 3 is 2.55 bits per heavy atom. The molecule has 0 aliphatic carbocycles. The van der Waals surface area contributed by atoms with Gasteiger partial charge in [-0.2, -0.15) is 0 Å². The average Bonchev–Trinajstić information content (AvgIpc) is 3.23. The number of carbonyl (C=O) groups is 1. The van der Waals surface area contributed by atoms with Crippen molar-refractivity contribution in [2.75, 3.05) is 27.2 Å². The molecule has 1 amide bonds. The third-order valence-electron chi connectivity index (χ3n) is 4.36. The SMILES string of the molecule is O=C(Nc1cc(Cl)cc(Nc2ccncc2)c1)c1cc(N2CCCS2)ccc1Cl. The molecule has 3 aromatic rings. The summed E-state index contributed by atoms with van der Waals surface area (Å²) >= 11 is 14.3. The Bertz CT molecular complexity index is 1030. The number of anilines is 4. The van der Waals surface area contributed by atoms with Crippen LogP contribution in [0.15, 0.2) is 60.9 Å². The number of pyridine rings is 1. The quantitative estimate of drug-likeness (QED) is 0.455. The molecule has 2 aromatic carbocycles. The van der Waals surface area contributed by atoms with E-state index in [0.29, 0.717) is 21.3 Å².